The Morgan fingerprint density at radius 1 is 1.50 bits per heavy atom. The Bertz CT molecular complexity index is 612. The molecule has 1 fully saturated rings. The predicted octanol–water partition coefficient (Wildman–Crippen LogP) is -0.328. The summed E-state index contributed by atoms with van der Waals surface area (Å²) in [6.45, 7) is 1.89. The average molecular weight is 310 g/mol. The lowest BCUT2D eigenvalue weighted by Crippen LogP contribution is -2.50. The van der Waals surface area contributed by atoms with E-state index in [0.29, 0.717) is 18.7 Å². The molecular formula is C14H18N2O6. The van der Waals surface area contributed by atoms with Gasteiger partial charge in [-0.1, -0.05) is 0 Å². The zero-order valence-electron chi connectivity index (χ0n) is 12.1. The SMILES string of the molecule is Cc1cc(=O)cc(C(=O)N[C@@H]2CCOC[C@H]2OCC(=O)O)[nH]1. The third-order valence-electron chi connectivity index (χ3n) is 3.26. The number of aliphatic carboxylic acids is 1. The van der Waals surface area contributed by atoms with Crippen LogP contribution >= 0.6 is 0 Å². The van der Waals surface area contributed by atoms with E-state index < -0.39 is 24.6 Å². The third kappa shape index (κ3) is 4.40. The monoisotopic (exact) mass is 310 g/mol. The quantitative estimate of drug-likeness (QED) is 0.685. The molecule has 3 N–H and O–H groups in total. The van der Waals surface area contributed by atoms with Crippen molar-refractivity contribution in [3.05, 3.63) is 33.7 Å². The van der Waals surface area contributed by atoms with E-state index in [1.54, 1.807) is 6.92 Å². The molecule has 1 aromatic rings. The van der Waals surface area contributed by atoms with Crippen LogP contribution in [-0.2, 0) is 14.3 Å². The van der Waals surface area contributed by atoms with Gasteiger partial charge in [0, 0.05) is 24.4 Å². The molecule has 2 heterocycles. The van der Waals surface area contributed by atoms with Crippen LogP contribution in [0.25, 0.3) is 0 Å². The number of ether oxygens (including phenoxy) is 2. The fourth-order valence-electron chi connectivity index (χ4n) is 2.27. The molecule has 8 heteroatoms. The molecule has 1 aromatic heterocycles. The number of hydrogen-bond acceptors (Lipinski definition) is 5. The largest absolute Gasteiger partial charge is 0.480 e. The summed E-state index contributed by atoms with van der Waals surface area (Å²) in [5.41, 5.74) is 0.490. The Morgan fingerprint density at radius 2 is 2.27 bits per heavy atom. The van der Waals surface area contributed by atoms with E-state index in [4.69, 9.17) is 14.6 Å². The number of hydrogen-bond donors (Lipinski definition) is 3. The predicted molar refractivity (Wildman–Crippen MR) is 75.9 cm³/mol. The Hall–Kier alpha value is -2.19. The van der Waals surface area contributed by atoms with Gasteiger partial charge in [0.15, 0.2) is 5.43 Å². The molecule has 0 aliphatic carbocycles. The molecule has 0 saturated carbocycles. The van der Waals surface area contributed by atoms with Gasteiger partial charge in [-0.25, -0.2) is 4.79 Å². The summed E-state index contributed by atoms with van der Waals surface area (Å²) in [4.78, 5) is 37.0. The summed E-state index contributed by atoms with van der Waals surface area (Å²) in [5, 5.41) is 11.4. The summed E-state index contributed by atoms with van der Waals surface area (Å²) in [7, 11) is 0. The first-order valence-electron chi connectivity index (χ1n) is 6.88. The Morgan fingerprint density at radius 3 is 2.95 bits per heavy atom. The van der Waals surface area contributed by atoms with E-state index >= 15 is 0 Å². The van der Waals surface area contributed by atoms with Crippen molar-refractivity contribution in [2.45, 2.75) is 25.5 Å². The molecule has 0 bridgehead atoms. The number of H-pyrrole nitrogens is 1. The third-order valence-corrected chi connectivity index (χ3v) is 3.26. The van der Waals surface area contributed by atoms with Crippen molar-refractivity contribution in [3.63, 3.8) is 0 Å². The second-order valence-electron chi connectivity index (χ2n) is 5.10. The van der Waals surface area contributed by atoms with Gasteiger partial charge < -0.3 is 24.9 Å². The first kappa shape index (κ1) is 16.2. The number of carbonyl (C=O) groups excluding carboxylic acids is 1. The van der Waals surface area contributed by atoms with Crippen LogP contribution in [0.1, 0.15) is 22.6 Å². The van der Waals surface area contributed by atoms with Crippen molar-refractivity contribution in [1.29, 1.82) is 0 Å². The van der Waals surface area contributed by atoms with Gasteiger partial charge in [0.1, 0.15) is 18.4 Å². The Balaban J connectivity index is 2.04. The van der Waals surface area contributed by atoms with Crippen molar-refractivity contribution < 1.29 is 24.2 Å². The number of pyridine rings is 1. The first-order chi connectivity index (χ1) is 10.5. The van der Waals surface area contributed by atoms with Gasteiger partial charge in [0.2, 0.25) is 0 Å². The summed E-state index contributed by atoms with van der Waals surface area (Å²) in [5.74, 6) is -1.52. The van der Waals surface area contributed by atoms with Gasteiger partial charge in [-0.2, -0.15) is 0 Å². The van der Waals surface area contributed by atoms with Crippen molar-refractivity contribution in [2.24, 2.45) is 0 Å². The number of nitrogens with one attached hydrogen (secondary N) is 2. The number of rotatable bonds is 5. The topological polar surface area (TPSA) is 118 Å². The Labute approximate surface area is 126 Å². The minimum absolute atomic E-state index is 0.161. The van der Waals surface area contributed by atoms with Gasteiger partial charge in [-0.15, -0.1) is 0 Å². The Kier molecular flexibility index (Phi) is 5.29. The lowest BCUT2D eigenvalue weighted by atomic mass is 10.1. The van der Waals surface area contributed by atoms with E-state index in [9.17, 15) is 14.4 Å². The van der Waals surface area contributed by atoms with Crippen molar-refractivity contribution in [1.82, 2.24) is 10.3 Å². The summed E-state index contributed by atoms with van der Waals surface area (Å²) < 4.78 is 10.5. The van der Waals surface area contributed by atoms with Crippen LogP contribution in [0.3, 0.4) is 0 Å². The fraction of sp³-hybridized carbons (Fsp3) is 0.500. The maximum absolute atomic E-state index is 12.2. The zero-order valence-corrected chi connectivity index (χ0v) is 12.1. The van der Waals surface area contributed by atoms with Gasteiger partial charge in [-0.05, 0) is 13.3 Å². The molecule has 2 rings (SSSR count). The van der Waals surface area contributed by atoms with Crippen LogP contribution in [0.2, 0.25) is 0 Å². The highest BCUT2D eigenvalue weighted by molar-refractivity contribution is 5.92. The number of aromatic nitrogens is 1. The standard InChI is InChI=1S/C14H18N2O6/c1-8-4-9(17)5-11(15-8)14(20)16-10-2-3-21-6-12(10)22-7-13(18)19/h4-5,10,12H,2-3,6-7H2,1H3,(H,15,17)(H,16,20)(H,18,19)/t10-,12-/m1/s1. The number of aromatic amines is 1. The highest BCUT2D eigenvalue weighted by Crippen LogP contribution is 2.12. The molecule has 0 spiro atoms. The molecule has 120 valence electrons. The lowest BCUT2D eigenvalue weighted by Gasteiger charge is -2.31. The minimum atomic E-state index is -1.08. The highest BCUT2D eigenvalue weighted by atomic mass is 16.5. The van der Waals surface area contributed by atoms with Crippen LogP contribution < -0.4 is 10.7 Å². The summed E-state index contributed by atoms with van der Waals surface area (Å²) in [6.07, 6.45) is -0.0307. The van der Waals surface area contributed by atoms with Gasteiger partial charge in [0.25, 0.3) is 5.91 Å². The lowest BCUT2D eigenvalue weighted by molar-refractivity contribution is -0.148. The van der Waals surface area contributed by atoms with Gasteiger partial charge >= 0.3 is 5.97 Å². The molecule has 2 atom stereocenters. The molecule has 8 nitrogen and oxygen atoms in total. The van der Waals surface area contributed by atoms with E-state index in [-0.39, 0.29) is 23.8 Å². The van der Waals surface area contributed by atoms with Gasteiger partial charge in [-0.3, -0.25) is 9.59 Å². The second-order valence-corrected chi connectivity index (χ2v) is 5.10. The molecule has 22 heavy (non-hydrogen) atoms. The van der Waals surface area contributed by atoms with Crippen LogP contribution in [0.4, 0.5) is 0 Å². The zero-order chi connectivity index (χ0) is 16.1. The molecule has 0 radical (unpaired) electrons. The van der Waals surface area contributed by atoms with Gasteiger partial charge in [0.05, 0.1) is 12.6 Å². The average Bonchev–Trinajstić information content (AvgIpc) is 2.45. The van der Waals surface area contributed by atoms with Crippen molar-refractivity contribution in [3.8, 4) is 0 Å². The number of carbonyl (C=O) groups is 2. The highest BCUT2D eigenvalue weighted by Gasteiger charge is 2.29. The van der Waals surface area contributed by atoms with E-state index in [2.05, 4.69) is 10.3 Å². The molecule has 1 saturated heterocycles. The molecule has 0 aromatic carbocycles. The second kappa shape index (κ2) is 7.19. The first-order valence-corrected chi connectivity index (χ1v) is 6.88. The van der Waals surface area contributed by atoms with E-state index in [0.717, 1.165) is 0 Å². The van der Waals surface area contributed by atoms with Crippen LogP contribution in [0, 0.1) is 6.92 Å². The molecule has 1 aliphatic rings. The molecule has 1 aliphatic heterocycles. The normalized spacial score (nSPS) is 21.3. The van der Waals surface area contributed by atoms with Crippen molar-refractivity contribution >= 4 is 11.9 Å². The number of carboxylic acid groups (broad SMARTS) is 1. The molecule has 0 unspecified atom stereocenters. The van der Waals surface area contributed by atoms with Crippen LogP contribution in [0.15, 0.2) is 16.9 Å². The smallest absolute Gasteiger partial charge is 0.329 e. The maximum Gasteiger partial charge on any atom is 0.329 e. The number of aryl methyl sites for hydroxylation is 1. The minimum Gasteiger partial charge on any atom is -0.480 e. The van der Waals surface area contributed by atoms with E-state index in [1.807, 2.05) is 0 Å². The van der Waals surface area contributed by atoms with Crippen LogP contribution in [0.5, 0.6) is 0 Å². The number of amides is 1. The molecular weight excluding hydrogens is 292 g/mol. The summed E-state index contributed by atoms with van der Waals surface area (Å²) >= 11 is 0. The number of carboxylic acids is 1. The summed E-state index contributed by atoms with van der Waals surface area (Å²) in [6, 6.07) is 2.24. The van der Waals surface area contributed by atoms with Crippen LogP contribution in [-0.4, -0.2) is 53.9 Å². The molecule has 1 amide bonds. The maximum atomic E-state index is 12.2. The van der Waals surface area contributed by atoms with E-state index in [1.165, 1.54) is 12.1 Å². The fourth-order valence-corrected chi connectivity index (χ4v) is 2.27. The van der Waals surface area contributed by atoms with Crippen molar-refractivity contribution in [2.75, 3.05) is 19.8 Å².